The van der Waals surface area contributed by atoms with Crippen molar-refractivity contribution in [1.29, 1.82) is 10.5 Å². The van der Waals surface area contributed by atoms with E-state index in [-0.39, 0.29) is 0 Å². The van der Waals surface area contributed by atoms with Gasteiger partial charge in [-0.15, -0.1) is 0 Å². The second-order valence-electron chi connectivity index (χ2n) is 3.34. The van der Waals surface area contributed by atoms with Crippen LogP contribution in [-0.4, -0.2) is 21.4 Å². The van der Waals surface area contributed by atoms with Crippen molar-refractivity contribution in [3.05, 3.63) is 0 Å². The molecule has 4 nitrogen and oxygen atoms in total. The van der Waals surface area contributed by atoms with E-state index in [0.29, 0.717) is 0 Å². The van der Waals surface area contributed by atoms with Crippen LogP contribution in [0.4, 0.5) is 0 Å². The Morgan fingerprint density at radius 3 is 0.917 bits per heavy atom. The van der Waals surface area contributed by atoms with E-state index in [1.54, 1.807) is 12.1 Å². The van der Waals surface area contributed by atoms with Crippen molar-refractivity contribution in [2.75, 3.05) is 0 Å². The molecule has 0 aliphatic heterocycles. The predicted molar refractivity (Wildman–Crippen MR) is 43.8 cm³/mol. The molecular weight excluding hydrogens is 156 g/mol. The Labute approximate surface area is 72.7 Å². The van der Waals surface area contributed by atoms with E-state index in [0.717, 1.165) is 0 Å². The maximum atomic E-state index is 8.47. The Hall–Kier alpha value is -1.10. The van der Waals surface area contributed by atoms with Crippen molar-refractivity contribution < 1.29 is 10.2 Å². The van der Waals surface area contributed by atoms with Gasteiger partial charge in [-0.05, 0) is 27.7 Å². The van der Waals surface area contributed by atoms with Crippen molar-refractivity contribution in [2.24, 2.45) is 0 Å². The van der Waals surface area contributed by atoms with E-state index in [2.05, 4.69) is 0 Å². The summed E-state index contributed by atoms with van der Waals surface area (Å²) in [5, 5.41) is 32.7. The molecule has 0 unspecified atom stereocenters. The van der Waals surface area contributed by atoms with Crippen molar-refractivity contribution in [2.45, 2.75) is 38.9 Å². The monoisotopic (exact) mass is 170 g/mol. The summed E-state index contributed by atoms with van der Waals surface area (Å²) in [5.74, 6) is 0. The molecule has 0 spiro atoms. The lowest BCUT2D eigenvalue weighted by atomic mass is 10.2. The second-order valence-corrected chi connectivity index (χ2v) is 3.34. The Bertz CT molecular complexity index is 173. The molecule has 0 saturated carbocycles. The summed E-state index contributed by atoms with van der Waals surface area (Å²) in [7, 11) is 0. The van der Waals surface area contributed by atoms with Crippen LogP contribution in [0.5, 0.6) is 0 Å². The predicted octanol–water partition coefficient (Wildman–Crippen LogP) is 0.562. The second kappa shape index (κ2) is 4.71. The quantitative estimate of drug-likeness (QED) is 0.520. The van der Waals surface area contributed by atoms with Crippen LogP contribution in [0.2, 0.25) is 0 Å². The van der Waals surface area contributed by atoms with Gasteiger partial charge in [0.15, 0.2) is 0 Å². The number of nitriles is 2. The summed E-state index contributed by atoms with van der Waals surface area (Å²) in [6.45, 7) is 5.75. The molecule has 0 aromatic carbocycles. The zero-order valence-electron chi connectivity index (χ0n) is 7.79. The van der Waals surface area contributed by atoms with Crippen molar-refractivity contribution in [3.63, 3.8) is 0 Å². The van der Waals surface area contributed by atoms with Gasteiger partial charge in [-0.25, -0.2) is 0 Å². The minimum absolute atomic E-state index is 1.15. The number of hydrogen-bond donors (Lipinski definition) is 2. The summed E-state index contributed by atoms with van der Waals surface area (Å²) >= 11 is 0. The Morgan fingerprint density at radius 2 is 0.917 bits per heavy atom. The van der Waals surface area contributed by atoms with E-state index in [9.17, 15) is 0 Å². The third kappa shape index (κ3) is 23.1. The molecule has 0 saturated heterocycles. The minimum Gasteiger partial charge on any atom is -0.376 e. The van der Waals surface area contributed by atoms with Gasteiger partial charge in [0.25, 0.3) is 0 Å². The topological polar surface area (TPSA) is 88.0 Å². The minimum atomic E-state index is -1.15. The lowest BCUT2D eigenvalue weighted by molar-refractivity contribution is 0.140. The molecule has 4 heteroatoms. The van der Waals surface area contributed by atoms with Gasteiger partial charge in [0.05, 0.1) is 12.1 Å². The van der Waals surface area contributed by atoms with Crippen LogP contribution in [0.3, 0.4) is 0 Å². The standard InChI is InChI=1S/2C4H7NO/c2*1-4(2,6)3-5/h2*6H,1-2H3. The van der Waals surface area contributed by atoms with Gasteiger partial charge < -0.3 is 10.2 Å². The summed E-state index contributed by atoms with van der Waals surface area (Å²) < 4.78 is 0. The van der Waals surface area contributed by atoms with Crippen molar-refractivity contribution in [1.82, 2.24) is 0 Å². The first kappa shape index (κ1) is 13.5. The number of rotatable bonds is 0. The van der Waals surface area contributed by atoms with E-state index in [1.165, 1.54) is 27.7 Å². The van der Waals surface area contributed by atoms with Crippen LogP contribution < -0.4 is 0 Å². The highest BCUT2D eigenvalue weighted by Gasteiger charge is 2.07. The van der Waals surface area contributed by atoms with Gasteiger partial charge in [0, 0.05) is 0 Å². The highest BCUT2D eigenvalue weighted by molar-refractivity contribution is 4.91. The molecule has 0 amide bonds. The molecule has 0 atom stereocenters. The fraction of sp³-hybridized carbons (Fsp3) is 0.750. The zero-order valence-corrected chi connectivity index (χ0v) is 7.79. The fourth-order valence-corrected chi connectivity index (χ4v) is 0. The average Bonchev–Trinajstić information content (AvgIpc) is 1.86. The highest BCUT2D eigenvalue weighted by Crippen LogP contribution is 1.94. The molecule has 0 aromatic heterocycles. The van der Waals surface area contributed by atoms with Crippen LogP contribution in [-0.2, 0) is 0 Å². The lowest BCUT2D eigenvalue weighted by Gasteiger charge is -2.00. The lowest BCUT2D eigenvalue weighted by Crippen LogP contribution is -2.13. The number of hydrogen-bond acceptors (Lipinski definition) is 4. The third-order valence-electron chi connectivity index (χ3n) is 0.547. The molecule has 0 aliphatic rings. The van der Waals surface area contributed by atoms with Gasteiger partial charge >= 0.3 is 0 Å². The molecular formula is C8H14N2O2. The fourth-order valence-electron chi connectivity index (χ4n) is 0. The molecule has 0 aromatic rings. The molecule has 2 N–H and O–H groups in total. The Balaban J connectivity index is 0. The van der Waals surface area contributed by atoms with E-state index in [4.69, 9.17) is 20.7 Å². The molecule has 0 rings (SSSR count). The molecule has 0 aliphatic carbocycles. The van der Waals surface area contributed by atoms with Gasteiger partial charge in [0.1, 0.15) is 11.2 Å². The van der Waals surface area contributed by atoms with Gasteiger partial charge in [-0.2, -0.15) is 10.5 Å². The summed E-state index contributed by atoms with van der Waals surface area (Å²) in [6, 6.07) is 3.32. The largest absolute Gasteiger partial charge is 0.376 e. The van der Waals surface area contributed by atoms with Crippen LogP contribution in [0, 0.1) is 22.7 Å². The Kier molecular flexibility index (Phi) is 5.30. The number of nitrogens with zero attached hydrogens (tertiary/aromatic N) is 2. The van der Waals surface area contributed by atoms with E-state index >= 15 is 0 Å². The summed E-state index contributed by atoms with van der Waals surface area (Å²) in [5.41, 5.74) is -2.31. The maximum Gasteiger partial charge on any atom is 0.145 e. The van der Waals surface area contributed by atoms with Crippen LogP contribution >= 0.6 is 0 Å². The van der Waals surface area contributed by atoms with Crippen molar-refractivity contribution in [3.8, 4) is 12.1 Å². The van der Waals surface area contributed by atoms with Crippen LogP contribution in [0.25, 0.3) is 0 Å². The smallest absolute Gasteiger partial charge is 0.145 e. The van der Waals surface area contributed by atoms with Gasteiger partial charge in [-0.3, -0.25) is 0 Å². The molecule has 0 radical (unpaired) electrons. The van der Waals surface area contributed by atoms with E-state index < -0.39 is 11.2 Å². The first-order chi connectivity index (χ1) is 5.12. The number of aliphatic hydroxyl groups is 2. The van der Waals surface area contributed by atoms with E-state index in [1.807, 2.05) is 0 Å². The Morgan fingerprint density at radius 1 is 0.833 bits per heavy atom. The average molecular weight is 170 g/mol. The van der Waals surface area contributed by atoms with Crippen LogP contribution in [0.1, 0.15) is 27.7 Å². The highest BCUT2D eigenvalue weighted by atomic mass is 16.3. The molecule has 68 valence electrons. The SMILES string of the molecule is CC(C)(O)C#N.CC(C)(O)C#N. The van der Waals surface area contributed by atoms with Gasteiger partial charge in [-0.1, -0.05) is 0 Å². The van der Waals surface area contributed by atoms with Crippen LogP contribution in [0.15, 0.2) is 0 Å². The molecule has 12 heavy (non-hydrogen) atoms. The first-order valence-corrected chi connectivity index (χ1v) is 3.39. The third-order valence-corrected chi connectivity index (χ3v) is 0.547. The normalized spacial score (nSPS) is 10.3. The summed E-state index contributed by atoms with van der Waals surface area (Å²) in [4.78, 5) is 0. The molecule has 0 heterocycles. The first-order valence-electron chi connectivity index (χ1n) is 3.39. The summed E-state index contributed by atoms with van der Waals surface area (Å²) in [6.07, 6.45) is 0. The van der Waals surface area contributed by atoms with Gasteiger partial charge in [0.2, 0.25) is 0 Å². The zero-order chi connectivity index (χ0) is 10.4. The molecule has 0 bridgehead atoms. The maximum absolute atomic E-state index is 8.47. The van der Waals surface area contributed by atoms with Crippen molar-refractivity contribution >= 4 is 0 Å². The molecule has 0 fully saturated rings.